The van der Waals surface area contributed by atoms with Crippen LogP contribution in [0.3, 0.4) is 0 Å². The number of anilines is 1. The summed E-state index contributed by atoms with van der Waals surface area (Å²) in [5, 5.41) is 6.56. The molecule has 5 nitrogen and oxygen atoms in total. The minimum Gasteiger partial charge on any atom is -0.330 e. The average Bonchev–Trinajstić information content (AvgIpc) is 2.78. The SMILES string of the molecule is Cc1cc(NC(=O)CCN)n(-c2ccccc2C(F)(F)F)n1.Cl. The third-order valence-electron chi connectivity index (χ3n) is 2.91. The van der Waals surface area contributed by atoms with Crippen molar-refractivity contribution in [1.29, 1.82) is 0 Å². The number of nitrogens with two attached hydrogens (primary N) is 1. The van der Waals surface area contributed by atoms with Crippen molar-refractivity contribution in [2.75, 3.05) is 11.9 Å². The molecule has 0 saturated heterocycles. The highest BCUT2D eigenvalue weighted by Crippen LogP contribution is 2.34. The molecule has 3 N–H and O–H groups in total. The zero-order chi connectivity index (χ0) is 16.3. The maximum atomic E-state index is 13.1. The minimum atomic E-state index is -4.52. The number of carbonyl (C=O) groups excluding carboxylic acids is 1. The molecule has 0 aliphatic rings. The Morgan fingerprint density at radius 2 is 2.00 bits per heavy atom. The zero-order valence-electron chi connectivity index (χ0n) is 12.2. The number of nitrogens with one attached hydrogen (secondary N) is 1. The van der Waals surface area contributed by atoms with E-state index in [1.54, 1.807) is 6.92 Å². The number of alkyl halides is 3. The Balaban J connectivity index is 0.00000264. The second-order valence-electron chi connectivity index (χ2n) is 4.68. The molecule has 9 heteroatoms. The van der Waals surface area contributed by atoms with E-state index in [1.165, 1.54) is 24.3 Å². The van der Waals surface area contributed by atoms with E-state index >= 15 is 0 Å². The predicted molar refractivity (Wildman–Crippen MR) is 82.9 cm³/mol. The summed E-state index contributed by atoms with van der Waals surface area (Å²) in [6, 6.07) is 6.55. The molecule has 0 aliphatic carbocycles. The van der Waals surface area contributed by atoms with Crippen LogP contribution in [0.25, 0.3) is 5.69 Å². The fraction of sp³-hybridized carbons (Fsp3) is 0.286. The molecule has 23 heavy (non-hydrogen) atoms. The van der Waals surface area contributed by atoms with Crippen molar-refractivity contribution < 1.29 is 18.0 Å². The summed E-state index contributed by atoms with van der Waals surface area (Å²) < 4.78 is 40.4. The van der Waals surface area contributed by atoms with Crippen molar-refractivity contribution >= 4 is 24.1 Å². The van der Waals surface area contributed by atoms with Crippen molar-refractivity contribution in [3.63, 3.8) is 0 Å². The Hall–Kier alpha value is -2.06. The summed E-state index contributed by atoms with van der Waals surface area (Å²) in [6.45, 7) is 1.78. The highest BCUT2D eigenvalue weighted by Gasteiger charge is 2.34. The van der Waals surface area contributed by atoms with Gasteiger partial charge in [0.05, 0.1) is 16.9 Å². The largest absolute Gasteiger partial charge is 0.418 e. The number of nitrogens with zero attached hydrogens (tertiary/aromatic N) is 2. The van der Waals surface area contributed by atoms with Crippen molar-refractivity contribution in [3.05, 3.63) is 41.6 Å². The summed E-state index contributed by atoms with van der Waals surface area (Å²) in [7, 11) is 0. The first-order valence-electron chi connectivity index (χ1n) is 6.56. The van der Waals surface area contributed by atoms with Gasteiger partial charge in [-0.15, -0.1) is 12.4 Å². The summed E-state index contributed by atoms with van der Waals surface area (Å²) in [5.41, 5.74) is 4.80. The highest BCUT2D eigenvalue weighted by molar-refractivity contribution is 5.90. The van der Waals surface area contributed by atoms with Gasteiger partial charge in [0.2, 0.25) is 5.91 Å². The van der Waals surface area contributed by atoms with Crippen LogP contribution in [0, 0.1) is 6.92 Å². The van der Waals surface area contributed by atoms with E-state index in [9.17, 15) is 18.0 Å². The number of aromatic nitrogens is 2. The van der Waals surface area contributed by atoms with E-state index in [-0.39, 0.29) is 42.8 Å². The summed E-state index contributed by atoms with van der Waals surface area (Å²) in [4.78, 5) is 11.6. The minimum absolute atomic E-state index is 0. The van der Waals surface area contributed by atoms with Crippen molar-refractivity contribution in [2.45, 2.75) is 19.5 Å². The van der Waals surface area contributed by atoms with Crippen LogP contribution in [0.4, 0.5) is 19.0 Å². The molecular formula is C14H16ClF3N4O. The molecule has 1 aromatic carbocycles. The summed E-state index contributed by atoms with van der Waals surface area (Å²) >= 11 is 0. The molecule has 2 rings (SSSR count). The topological polar surface area (TPSA) is 72.9 Å². The molecule has 0 spiro atoms. The molecule has 0 radical (unpaired) electrons. The van der Waals surface area contributed by atoms with E-state index in [2.05, 4.69) is 10.4 Å². The smallest absolute Gasteiger partial charge is 0.330 e. The number of hydrogen-bond donors (Lipinski definition) is 2. The number of carbonyl (C=O) groups is 1. The molecule has 0 aliphatic heterocycles. The van der Waals surface area contributed by atoms with E-state index in [0.717, 1.165) is 10.7 Å². The van der Waals surface area contributed by atoms with Crippen LogP contribution in [-0.2, 0) is 11.0 Å². The van der Waals surface area contributed by atoms with E-state index in [0.29, 0.717) is 5.69 Å². The van der Waals surface area contributed by atoms with Gasteiger partial charge in [0.15, 0.2) is 0 Å². The maximum Gasteiger partial charge on any atom is 0.418 e. The molecule has 1 amide bonds. The number of benzene rings is 1. The molecule has 126 valence electrons. The lowest BCUT2D eigenvalue weighted by molar-refractivity contribution is -0.137. The first-order valence-corrected chi connectivity index (χ1v) is 6.56. The van der Waals surface area contributed by atoms with Crippen LogP contribution in [0.5, 0.6) is 0 Å². The monoisotopic (exact) mass is 348 g/mol. The van der Waals surface area contributed by atoms with Gasteiger partial charge in [-0.1, -0.05) is 12.1 Å². The van der Waals surface area contributed by atoms with E-state index in [4.69, 9.17) is 5.73 Å². The fourth-order valence-electron chi connectivity index (χ4n) is 2.01. The Kier molecular flexibility index (Phi) is 6.17. The Morgan fingerprint density at radius 3 is 2.61 bits per heavy atom. The number of halogens is 4. The van der Waals surface area contributed by atoms with Crippen LogP contribution in [-0.4, -0.2) is 22.2 Å². The van der Waals surface area contributed by atoms with Crippen LogP contribution >= 0.6 is 12.4 Å². The van der Waals surface area contributed by atoms with Crippen molar-refractivity contribution in [2.24, 2.45) is 5.73 Å². The van der Waals surface area contributed by atoms with Gasteiger partial charge in [-0.2, -0.15) is 18.3 Å². The summed E-state index contributed by atoms with van der Waals surface area (Å²) in [5.74, 6) is -0.208. The van der Waals surface area contributed by atoms with Crippen molar-refractivity contribution in [1.82, 2.24) is 9.78 Å². The molecule has 0 saturated carbocycles. The van der Waals surface area contributed by atoms with Gasteiger partial charge in [-0.05, 0) is 19.1 Å². The van der Waals surface area contributed by atoms with Gasteiger partial charge in [0.25, 0.3) is 0 Å². The fourth-order valence-corrected chi connectivity index (χ4v) is 2.01. The number of hydrogen-bond acceptors (Lipinski definition) is 3. The quantitative estimate of drug-likeness (QED) is 0.892. The van der Waals surface area contributed by atoms with E-state index in [1.807, 2.05) is 0 Å². The van der Waals surface area contributed by atoms with Gasteiger partial charge >= 0.3 is 6.18 Å². The van der Waals surface area contributed by atoms with Crippen LogP contribution in [0.15, 0.2) is 30.3 Å². The van der Waals surface area contributed by atoms with Gasteiger partial charge in [-0.25, -0.2) is 4.68 Å². The van der Waals surface area contributed by atoms with Gasteiger partial charge in [0.1, 0.15) is 5.82 Å². The lowest BCUT2D eigenvalue weighted by Crippen LogP contribution is -2.19. The molecule has 0 bridgehead atoms. The molecule has 0 unspecified atom stereocenters. The molecule has 1 heterocycles. The molecule has 1 aromatic heterocycles. The van der Waals surface area contributed by atoms with E-state index < -0.39 is 11.7 Å². The van der Waals surface area contributed by atoms with Crippen LogP contribution < -0.4 is 11.1 Å². The first-order chi connectivity index (χ1) is 10.3. The van der Waals surface area contributed by atoms with Crippen LogP contribution in [0.2, 0.25) is 0 Å². The number of rotatable bonds is 4. The number of aryl methyl sites for hydroxylation is 1. The van der Waals surface area contributed by atoms with Gasteiger partial charge in [0, 0.05) is 19.0 Å². The number of para-hydroxylation sites is 1. The Labute approximate surface area is 137 Å². The normalized spacial score (nSPS) is 11.0. The first kappa shape index (κ1) is 19.0. The standard InChI is InChI=1S/C14H15F3N4O.ClH/c1-9-8-12(19-13(22)6-7-18)21(20-9)11-5-3-2-4-10(11)14(15,16)17;/h2-5,8H,6-7,18H2,1H3,(H,19,22);1H. The average molecular weight is 349 g/mol. The maximum absolute atomic E-state index is 13.1. The second-order valence-corrected chi connectivity index (χ2v) is 4.68. The third kappa shape index (κ3) is 4.46. The molecular weight excluding hydrogens is 333 g/mol. The lowest BCUT2D eigenvalue weighted by Gasteiger charge is -2.15. The highest BCUT2D eigenvalue weighted by atomic mass is 35.5. The molecule has 0 atom stereocenters. The van der Waals surface area contributed by atoms with Crippen molar-refractivity contribution in [3.8, 4) is 5.69 Å². The number of amides is 1. The van der Waals surface area contributed by atoms with Crippen LogP contribution in [0.1, 0.15) is 17.7 Å². The zero-order valence-corrected chi connectivity index (χ0v) is 13.0. The Morgan fingerprint density at radius 1 is 1.35 bits per heavy atom. The lowest BCUT2D eigenvalue weighted by atomic mass is 10.1. The third-order valence-corrected chi connectivity index (χ3v) is 2.91. The second kappa shape index (κ2) is 7.47. The predicted octanol–water partition coefficient (Wildman–Crippen LogP) is 2.91. The Bertz CT molecular complexity index is 685. The molecule has 0 fully saturated rings. The molecule has 2 aromatic rings. The van der Waals surface area contributed by atoms with Gasteiger partial charge in [-0.3, -0.25) is 4.79 Å². The van der Waals surface area contributed by atoms with Gasteiger partial charge < -0.3 is 11.1 Å². The summed E-state index contributed by atoms with van der Waals surface area (Å²) in [6.07, 6.45) is -4.44.